The van der Waals surface area contributed by atoms with Gasteiger partial charge in [0, 0.05) is 17.0 Å². The first-order valence-corrected chi connectivity index (χ1v) is 10.3. The molecule has 0 saturated heterocycles. The number of thioether (sulfide) groups is 1. The molecule has 1 aliphatic rings. The lowest BCUT2D eigenvalue weighted by Crippen LogP contribution is -2.37. The van der Waals surface area contributed by atoms with E-state index in [1.807, 2.05) is 19.2 Å². The SMILES string of the molecule is CCC(=O)N1c2ccc(Cl)cc2-c2nnc(SC)nc2O[C@H]1c1ccc(C)o1. The second kappa shape index (κ2) is 7.44. The summed E-state index contributed by atoms with van der Waals surface area (Å²) in [6, 6.07) is 8.85. The summed E-state index contributed by atoms with van der Waals surface area (Å²) in [4.78, 5) is 19.0. The minimum Gasteiger partial charge on any atom is -0.460 e. The van der Waals surface area contributed by atoms with Crippen molar-refractivity contribution in [1.29, 1.82) is 0 Å². The number of amides is 1. The first kappa shape index (κ1) is 18.8. The Morgan fingerprint density at radius 3 is 2.79 bits per heavy atom. The number of hydrogen-bond acceptors (Lipinski definition) is 7. The van der Waals surface area contributed by atoms with Crippen LogP contribution in [0.1, 0.15) is 31.1 Å². The molecule has 9 heteroatoms. The average molecular weight is 417 g/mol. The molecule has 0 N–H and O–H groups in total. The van der Waals surface area contributed by atoms with Gasteiger partial charge in [-0.1, -0.05) is 30.3 Å². The Hall–Kier alpha value is -2.58. The molecule has 1 aromatic carbocycles. The second-order valence-corrected chi connectivity index (χ2v) is 7.36. The maximum Gasteiger partial charge on any atom is 0.247 e. The number of anilines is 1. The summed E-state index contributed by atoms with van der Waals surface area (Å²) in [5.74, 6) is 1.35. The fraction of sp³-hybridized carbons (Fsp3) is 0.263. The number of hydrogen-bond donors (Lipinski definition) is 0. The number of aryl methyl sites for hydroxylation is 1. The van der Waals surface area contributed by atoms with Crippen LogP contribution in [0.2, 0.25) is 5.02 Å². The Morgan fingerprint density at radius 2 is 2.11 bits per heavy atom. The van der Waals surface area contributed by atoms with E-state index in [0.717, 1.165) is 0 Å². The van der Waals surface area contributed by atoms with Crippen LogP contribution in [0.15, 0.2) is 39.9 Å². The Balaban J connectivity index is 1.99. The quantitative estimate of drug-likeness (QED) is 0.574. The largest absolute Gasteiger partial charge is 0.460 e. The Morgan fingerprint density at radius 1 is 1.29 bits per heavy atom. The topological polar surface area (TPSA) is 81.4 Å². The molecule has 7 nitrogen and oxygen atoms in total. The normalized spacial score (nSPS) is 15.4. The Bertz CT molecular complexity index is 1060. The van der Waals surface area contributed by atoms with E-state index in [1.54, 1.807) is 36.1 Å². The third-order valence-corrected chi connectivity index (χ3v) is 5.10. The van der Waals surface area contributed by atoms with Gasteiger partial charge in [-0.15, -0.1) is 10.2 Å². The highest BCUT2D eigenvalue weighted by Gasteiger charge is 2.37. The van der Waals surface area contributed by atoms with E-state index in [0.29, 0.717) is 38.6 Å². The molecular formula is C19H17ClN4O3S. The fourth-order valence-electron chi connectivity index (χ4n) is 3.04. The Kier molecular flexibility index (Phi) is 4.99. The number of furan rings is 1. The van der Waals surface area contributed by atoms with Crippen molar-refractivity contribution >= 4 is 35.0 Å². The molecule has 1 atom stereocenters. The summed E-state index contributed by atoms with van der Waals surface area (Å²) in [6.07, 6.45) is 1.31. The molecule has 0 unspecified atom stereocenters. The summed E-state index contributed by atoms with van der Waals surface area (Å²) in [6.45, 7) is 3.63. The minimum absolute atomic E-state index is 0.131. The highest BCUT2D eigenvalue weighted by atomic mass is 35.5. The monoisotopic (exact) mass is 416 g/mol. The van der Waals surface area contributed by atoms with Crippen molar-refractivity contribution in [3.8, 4) is 17.1 Å². The number of ether oxygens (including phenoxy) is 1. The lowest BCUT2D eigenvalue weighted by atomic mass is 10.1. The average Bonchev–Trinajstić information content (AvgIpc) is 3.08. The zero-order valence-electron chi connectivity index (χ0n) is 15.5. The summed E-state index contributed by atoms with van der Waals surface area (Å²) >= 11 is 7.59. The molecule has 0 fully saturated rings. The predicted molar refractivity (Wildman–Crippen MR) is 107 cm³/mol. The van der Waals surface area contributed by atoms with Gasteiger partial charge in [0.2, 0.25) is 23.2 Å². The van der Waals surface area contributed by atoms with E-state index in [9.17, 15) is 4.79 Å². The van der Waals surface area contributed by atoms with Gasteiger partial charge in [0.1, 0.15) is 5.76 Å². The number of aromatic nitrogens is 3. The molecule has 0 saturated carbocycles. The predicted octanol–water partition coefficient (Wildman–Crippen LogP) is 4.65. The summed E-state index contributed by atoms with van der Waals surface area (Å²) in [5, 5.41) is 9.40. The first-order chi connectivity index (χ1) is 13.5. The van der Waals surface area contributed by atoms with Crippen LogP contribution in [-0.2, 0) is 4.79 Å². The molecular weight excluding hydrogens is 400 g/mol. The summed E-state index contributed by atoms with van der Waals surface area (Å²) in [5.41, 5.74) is 1.67. The highest BCUT2D eigenvalue weighted by Crippen LogP contribution is 2.44. The molecule has 2 aromatic heterocycles. The maximum absolute atomic E-state index is 12.9. The fourth-order valence-corrected chi connectivity index (χ4v) is 3.50. The highest BCUT2D eigenvalue weighted by molar-refractivity contribution is 7.98. The number of nitrogens with zero attached hydrogens (tertiary/aromatic N) is 4. The van der Waals surface area contributed by atoms with Crippen LogP contribution in [-0.4, -0.2) is 27.3 Å². The lowest BCUT2D eigenvalue weighted by Gasteiger charge is -2.29. The van der Waals surface area contributed by atoms with Gasteiger partial charge in [0.15, 0.2) is 11.5 Å². The summed E-state index contributed by atoms with van der Waals surface area (Å²) in [7, 11) is 0. The third kappa shape index (κ3) is 3.22. The number of carbonyl (C=O) groups is 1. The van der Waals surface area contributed by atoms with E-state index >= 15 is 0 Å². The van der Waals surface area contributed by atoms with Crippen molar-refractivity contribution in [2.45, 2.75) is 31.7 Å². The zero-order chi connectivity index (χ0) is 19.8. The molecule has 1 amide bonds. The molecule has 0 spiro atoms. The van der Waals surface area contributed by atoms with Crippen LogP contribution in [0.5, 0.6) is 5.88 Å². The van der Waals surface area contributed by atoms with Crippen LogP contribution in [0.4, 0.5) is 5.69 Å². The second-order valence-electron chi connectivity index (χ2n) is 6.15. The van der Waals surface area contributed by atoms with Crippen LogP contribution in [0.25, 0.3) is 11.3 Å². The number of halogens is 1. The van der Waals surface area contributed by atoms with Gasteiger partial charge in [-0.2, -0.15) is 4.98 Å². The standard InChI is InChI=1S/C19H17ClN4O3S/c1-4-15(25)24-13-7-6-11(20)9-12(13)16-17(21-19(28-3)23-22-16)27-18(24)14-8-5-10(2)26-14/h5-9,18H,4H2,1-3H3/t18-/m0/s1. The molecule has 3 aromatic rings. The van der Waals surface area contributed by atoms with Crippen molar-refractivity contribution < 1.29 is 13.9 Å². The molecule has 0 bridgehead atoms. The van der Waals surface area contributed by atoms with Crippen molar-refractivity contribution in [3.63, 3.8) is 0 Å². The number of carbonyl (C=O) groups excluding carboxylic acids is 1. The van der Waals surface area contributed by atoms with Gasteiger partial charge >= 0.3 is 0 Å². The van der Waals surface area contributed by atoms with E-state index < -0.39 is 6.23 Å². The van der Waals surface area contributed by atoms with Crippen molar-refractivity contribution in [1.82, 2.24) is 15.2 Å². The molecule has 0 radical (unpaired) electrons. The molecule has 1 aliphatic heterocycles. The lowest BCUT2D eigenvalue weighted by molar-refractivity contribution is -0.120. The van der Waals surface area contributed by atoms with E-state index in [1.165, 1.54) is 11.8 Å². The van der Waals surface area contributed by atoms with Gasteiger partial charge in [-0.3, -0.25) is 9.69 Å². The smallest absolute Gasteiger partial charge is 0.247 e. The van der Waals surface area contributed by atoms with Crippen LogP contribution in [0, 0.1) is 6.92 Å². The van der Waals surface area contributed by atoms with E-state index in [4.69, 9.17) is 20.8 Å². The molecule has 144 valence electrons. The summed E-state index contributed by atoms with van der Waals surface area (Å²) < 4.78 is 12.0. The van der Waals surface area contributed by atoms with Crippen LogP contribution >= 0.6 is 23.4 Å². The van der Waals surface area contributed by atoms with Crippen molar-refractivity contribution in [3.05, 3.63) is 46.9 Å². The van der Waals surface area contributed by atoms with Gasteiger partial charge < -0.3 is 9.15 Å². The van der Waals surface area contributed by atoms with E-state index in [2.05, 4.69) is 15.2 Å². The molecule has 0 aliphatic carbocycles. The number of rotatable bonds is 3. The van der Waals surface area contributed by atoms with E-state index in [-0.39, 0.29) is 18.2 Å². The number of fused-ring (bicyclic) bond motifs is 3. The molecule has 28 heavy (non-hydrogen) atoms. The van der Waals surface area contributed by atoms with Gasteiger partial charge in [0.05, 0.1) is 5.69 Å². The van der Waals surface area contributed by atoms with Crippen LogP contribution < -0.4 is 9.64 Å². The first-order valence-electron chi connectivity index (χ1n) is 8.65. The van der Waals surface area contributed by atoms with Crippen molar-refractivity contribution in [2.75, 3.05) is 11.2 Å². The molecule has 4 rings (SSSR count). The maximum atomic E-state index is 12.9. The third-order valence-electron chi connectivity index (χ3n) is 4.32. The van der Waals surface area contributed by atoms with Gasteiger partial charge in [0.25, 0.3) is 0 Å². The minimum atomic E-state index is -0.825. The van der Waals surface area contributed by atoms with Gasteiger partial charge in [-0.05, 0) is 43.5 Å². The zero-order valence-corrected chi connectivity index (χ0v) is 17.0. The molecule has 3 heterocycles. The van der Waals surface area contributed by atoms with Gasteiger partial charge in [-0.25, -0.2) is 0 Å². The Labute approximate surface area is 171 Å². The van der Waals surface area contributed by atoms with Crippen LogP contribution in [0.3, 0.4) is 0 Å². The van der Waals surface area contributed by atoms with Crippen molar-refractivity contribution in [2.24, 2.45) is 0 Å². The number of benzene rings is 1.